The Bertz CT molecular complexity index is 740. The van der Waals surface area contributed by atoms with Crippen molar-refractivity contribution in [1.82, 2.24) is 0 Å². The van der Waals surface area contributed by atoms with Crippen LogP contribution in [0.4, 0.5) is 0 Å². The second-order valence-corrected chi connectivity index (χ2v) is 8.26. The molecular formula is C23H25I. The second-order valence-electron chi connectivity index (χ2n) is 6.87. The SMILES string of the molecule is CC1=C(C(C)c2ccccc2)C=C(I)CC1C(C)c1ccccc1. The van der Waals surface area contributed by atoms with Crippen LogP contribution in [0.1, 0.15) is 50.2 Å². The molecule has 0 spiro atoms. The minimum Gasteiger partial charge on any atom is -0.0654 e. The van der Waals surface area contributed by atoms with Crippen molar-refractivity contribution in [2.24, 2.45) is 5.92 Å². The van der Waals surface area contributed by atoms with Gasteiger partial charge in [-0.3, -0.25) is 0 Å². The van der Waals surface area contributed by atoms with Crippen LogP contribution in [0.15, 0.2) is 81.5 Å². The Kier molecular flexibility index (Phi) is 5.60. The third kappa shape index (κ3) is 3.66. The van der Waals surface area contributed by atoms with Crippen molar-refractivity contribution in [2.75, 3.05) is 0 Å². The minimum atomic E-state index is 0.446. The van der Waals surface area contributed by atoms with E-state index in [2.05, 4.69) is 110 Å². The molecule has 0 amide bonds. The fourth-order valence-corrected chi connectivity index (χ4v) is 4.66. The first-order chi connectivity index (χ1) is 11.6. The van der Waals surface area contributed by atoms with E-state index >= 15 is 0 Å². The Balaban J connectivity index is 1.95. The van der Waals surface area contributed by atoms with E-state index in [9.17, 15) is 0 Å². The molecule has 1 aliphatic rings. The maximum absolute atomic E-state index is 2.53. The van der Waals surface area contributed by atoms with Gasteiger partial charge in [-0.1, -0.05) is 80.1 Å². The van der Waals surface area contributed by atoms with Crippen LogP contribution in [-0.2, 0) is 0 Å². The fraction of sp³-hybridized carbons (Fsp3) is 0.304. The molecule has 0 nitrogen and oxygen atoms in total. The molecular weight excluding hydrogens is 403 g/mol. The second kappa shape index (κ2) is 7.69. The van der Waals surface area contributed by atoms with Crippen molar-refractivity contribution in [3.8, 4) is 0 Å². The first kappa shape index (κ1) is 17.5. The molecule has 0 radical (unpaired) electrons. The zero-order valence-corrected chi connectivity index (χ0v) is 16.8. The minimum absolute atomic E-state index is 0.446. The normalized spacial score (nSPS) is 20.5. The average Bonchev–Trinajstić information content (AvgIpc) is 2.63. The highest BCUT2D eigenvalue weighted by Crippen LogP contribution is 2.44. The molecule has 0 N–H and O–H groups in total. The molecule has 0 fully saturated rings. The van der Waals surface area contributed by atoms with Gasteiger partial charge in [0.15, 0.2) is 0 Å². The average molecular weight is 428 g/mol. The monoisotopic (exact) mass is 428 g/mol. The van der Waals surface area contributed by atoms with Gasteiger partial charge < -0.3 is 0 Å². The largest absolute Gasteiger partial charge is 0.0654 e. The van der Waals surface area contributed by atoms with Gasteiger partial charge in [0.1, 0.15) is 0 Å². The van der Waals surface area contributed by atoms with Crippen molar-refractivity contribution in [3.05, 3.63) is 92.6 Å². The van der Waals surface area contributed by atoms with E-state index in [0.29, 0.717) is 17.8 Å². The summed E-state index contributed by atoms with van der Waals surface area (Å²) in [7, 11) is 0. The van der Waals surface area contributed by atoms with Gasteiger partial charge in [0.05, 0.1) is 0 Å². The maximum atomic E-state index is 2.53. The molecule has 0 saturated carbocycles. The molecule has 3 rings (SSSR count). The highest BCUT2D eigenvalue weighted by atomic mass is 127. The molecule has 2 aromatic rings. The summed E-state index contributed by atoms with van der Waals surface area (Å²) in [5.74, 6) is 1.58. The summed E-state index contributed by atoms with van der Waals surface area (Å²) in [4.78, 5) is 0. The van der Waals surface area contributed by atoms with E-state index in [4.69, 9.17) is 0 Å². The van der Waals surface area contributed by atoms with E-state index in [1.165, 1.54) is 20.3 Å². The van der Waals surface area contributed by atoms with Gasteiger partial charge in [-0.2, -0.15) is 0 Å². The smallest absolute Gasteiger partial charge is 0.00608 e. The summed E-state index contributed by atoms with van der Waals surface area (Å²) < 4.78 is 1.48. The molecule has 2 aromatic carbocycles. The number of hydrogen-bond acceptors (Lipinski definition) is 0. The summed E-state index contributed by atoms with van der Waals surface area (Å²) in [5.41, 5.74) is 5.91. The van der Waals surface area contributed by atoms with Crippen LogP contribution in [0.25, 0.3) is 0 Å². The third-order valence-corrected chi connectivity index (χ3v) is 6.19. The van der Waals surface area contributed by atoms with Crippen LogP contribution in [-0.4, -0.2) is 0 Å². The lowest BCUT2D eigenvalue weighted by molar-refractivity contribution is 0.505. The first-order valence-corrected chi connectivity index (χ1v) is 9.82. The number of hydrogen-bond donors (Lipinski definition) is 0. The van der Waals surface area contributed by atoms with Crippen LogP contribution >= 0.6 is 22.6 Å². The van der Waals surface area contributed by atoms with Gasteiger partial charge in [-0.15, -0.1) is 0 Å². The Morgan fingerprint density at radius 3 is 2.00 bits per heavy atom. The predicted molar refractivity (Wildman–Crippen MR) is 113 cm³/mol. The lowest BCUT2D eigenvalue weighted by Crippen LogP contribution is -2.17. The topological polar surface area (TPSA) is 0 Å². The van der Waals surface area contributed by atoms with Crippen LogP contribution in [0, 0.1) is 5.92 Å². The van der Waals surface area contributed by atoms with Crippen LogP contribution in [0.5, 0.6) is 0 Å². The third-order valence-electron chi connectivity index (χ3n) is 5.43. The zero-order chi connectivity index (χ0) is 17.1. The molecule has 1 heteroatoms. The molecule has 0 aliphatic heterocycles. The summed E-state index contributed by atoms with van der Waals surface area (Å²) in [6.45, 7) is 7.06. The first-order valence-electron chi connectivity index (χ1n) is 8.74. The van der Waals surface area contributed by atoms with Gasteiger partial charge in [0.25, 0.3) is 0 Å². The molecule has 24 heavy (non-hydrogen) atoms. The van der Waals surface area contributed by atoms with Crippen molar-refractivity contribution >= 4 is 22.6 Å². The van der Waals surface area contributed by atoms with Crippen molar-refractivity contribution in [3.63, 3.8) is 0 Å². The van der Waals surface area contributed by atoms with Gasteiger partial charge >= 0.3 is 0 Å². The van der Waals surface area contributed by atoms with Crippen LogP contribution < -0.4 is 0 Å². The molecule has 0 heterocycles. The Labute approximate surface area is 159 Å². The number of rotatable bonds is 4. The summed E-state index contributed by atoms with van der Waals surface area (Å²) >= 11 is 2.53. The van der Waals surface area contributed by atoms with E-state index in [1.54, 1.807) is 5.57 Å². The lowest BCUT2D eigenvalue weighted by atomic mass is 9.74. The Morgan fingerprint density at radius 2 is 1.42 bits per heavy atom. The van der Waals surface area contributed by atoms with Crippen molar-refractivity contribution in [1.29, 1.82) is 0 Å². The van der Waals surface area contributed by atoms with Gasteiger partial charge in [-0.05, 0) is 74.1 Å². The van der Waals surface area contributed by atoms with Crippen LogP contribution in [0.2, 0.25) is 0 Å². The van der Waals surface area contributed by atoms with Crippen molar-refractivity contribution < 1.29 is 0 Å². The molecule has 3 unspecified atom stereocenters. The molecule has 3 atom stereocenters. The number of benzene rings is 2. The molecule has 0 saturated heterocycles. The Morgan fingerprint density at radius 1 is 0.875 bits per heavy atom. The Hall–Kier alpha value is -1.35. The van der Waals surface area contributed by atoms with Gasteiger partial charge in [0.2, 0.25) is 0 Å². The predicted octanol–water partition coefficient (Wildman–Crippen LogP) is 7.25. The van der Waals surface area contributed by atoms with E-state index in [-0.39, 0.29) is 0 Å². The zero-order valence-electron chi connectivity index (χ0n) is 14.7. The fourth-order valence-electron chi connectivity index (χ4n) is 3.85. The summed E-state index contributed by atoms with van der Waals surface area (Å²) in [6, 6.07) is 21.8. The molecule has 124 valence electrons. The standard InChI is InChI=1S/C23H25I/c1-16(19-10-6-4-7-11-19)22-14-21(24)15-23(18(22)3)17(2)20-12-8-5-9-13-20/h4-14,16-17,23H,15H2,1-3H3. The lowest BCUT2D eigenvalue weighted by Gasteiger charge is -2.32. The summed E-state index contributed by atoms with van der Waals surface area (Å²) in [6.07, 6.45) is 3.58. The number of halogens is 1. The highest BCUT2D eigenvalue weighted by Gasteiger charge is 2.28. The molecule has 0 aromatic heterocycles. The van der Waals surface area contributed by atoms with E-state index in [1.807, 2.05) is 0 Å². The van der Waals surface area contributed by atoms with Crippen LogP contribution in [0.3, 0.4) is 0 Å². The quantitative estimate of drug-likeness (QED) is 0.450. The molecule has 0 bridgehead atoms. The van der Waals surface area contributed by atoms with E-state index in [0.717, 1.165) is 6.42 Å². The van der Waals surface area contributed by atoms with E-state index < -0.39 is 0 Å². The van der Waals surface area contributed by atoms with Gasteiger partial charge in [0, 0.05) is 5.92 Å². The summed E-state index contributed by atoms with van der Waals surface area (Å²) in [5, 5.41) is 0. The highest BCUT2D eigenvalue weighted by molar-refractivity contribution is 14.1. The van der Waals surface area contributed by atoms with Gasteiger partial charge in [-0.25, -0.2) is 0 Å². The van der Waals surface area contributed by atoms with Crippen molar-refractivity contribution in [2.45, 2.75) is 39.0 Å². The number of allylic oxidation sites excluding steroid dienone is 4. The maximum Gasteiger partial charge on any atom is 0.00608 e. The molecule has 1 aliphatic carbocycles.